The molecule has 0 bridgehead atoms. The van der Waals surface area contributed by atoms with Crippen LogP contribution >= 0.6 is 0 Å². The number of carbonyl (C=O) groups excluding carboxylic acids is 2. The van der Waals surface area contributed by atoms with Gasteiger partial charge in [0.1, 0.15) is 11.6 Å². The maximum absolute atomic E-state index is 11.8. The summed E-state index contributed by atoms with van der Waals surface area (Å²) in [6.45, 7) is 7.95. The van der Waals surface area contributed by atoms with Crippen molar-refractivity contribution >= 4 is 11.9 Å². The molecular formula is C12H21NO4. The van der Waals surface area contributed by atoms with Crippen molar-refractivity contribution in [2.75, 3.05) is 13.2 Å². The zero-order chi connectivity index (χ0) is 13.1. The fourth-order valence-corrected chi connectivity index (χ4v) is 1.72. The maximum atomic E-state index is 11.8. The smallest absolute Gasteiger partial charge is 0.323 e. The van der Waals surface area contributed by atoms with Gasteiger partial charge in [0.05, 0.1) is 6.61 Å². The minimum atomic E-state index is -0.466. The van der Waals surface area contributed by atoms with Gasteiger partial charge in [0.2, 0.25) is 0 Å². The minimum absolute atomic E-state index is 0.191. The number of rotatable bonds is 3. The van der Waals surface area contributed by atoms with E-state index >= 15 is 0 Å². The SMILES string of the molecule is CC(=O)OCC1CNC(C(=O)OC(C)(C)C)C1. The van der Waals surface area contributed by atoms with Gasteiger partial charge < -0.3 is 14.8 Å². The Kier molecular flexibility index (Phi) is 4.51. The first-order valence-electron chi connectivity index (χ1n) is 5.87. The fraction of sp³-hybridized carbons (Fsp3) is 0.833. The predicted molar refractivity (Wildman–Crippen MR) is 62.4 cm³/mol. The van der Waals surface area contributed by atoms with Crippen LogP contribution in [0.25, 0.3) is 0 Å². The van der Waals surface area contributed by atoms with Crippen molar-refractivity contribution in [2.45, 2.75) is 45.8 Å². The molecule has 98 valence electrons. The molecule has 0 aromatic rings. The molecule has 0 saturated carbocycles. The van der Waals surface area contributed by atoms with E-state index in [0.717, 1.165) is 0 Å². The molecule has 0 aromatic heterocycles. The summed E-state index contributed by atoms with van der Waals surface area (Å²) in [5.74, 6) is -0.329. The van der Waals surface area contributed by atoms with Crippen molar-refractivity contribution in [1.82, 2.24) is 5.32 Å². The molecule has 1 aliphatic heterocycles. The van der Waals surface area contributed by atoms with E-state index in [-0.39, 0.29) is 23.9 Å². The minimum Gasteiger partial charge on any atom is -0.466 e. The highest BCUT2D eigenvalue weighted by Crippen LogP contribution is 2.18. The van der Waals surface area contributed by atoms with Crippen molar-refractivity contribution in [1.29, 1.82) is 0 Å². The number of ether oxygens (including phenoxy) is 2. The Labute approximate surface area is 102 Å². The Bertz CT molecular complexity index is 295. The van der Waals surface area contributed by atoms with Crippen LogP contribution in [0.15, 0.2) is 0 Å². The third-order valence-corrected chi connectivity index (χ3v) is 2.44. The summed E-state index contributed by atoms with van der Waals surface area (Å²) in [5, 5.41) is 3.09. The first-order chi connectivity index (χ1) is 7.78. The molecule has 1 saturated heterocycles. The summed E-state index contributed by atoms with van der Waals surface area (Å²) < 4.78 is 10.2. The molecule has 0 aromatic carbocycles. The topological polar surface area (TPSA) is 64.6 Å². The normalized spacial score (nSPS) is 24.5. The van der Waals surface area contributed by atoms with Crippen LogP contribution in [-0.4, -0.2) is 36.7 Å². The first kappa shape index (κ1) is 14.0. The van der Waals surface area contributed by atoms with Gasteiger partial charge in [-0.25, -0.2) is 0 Å². The van der Waals surface area contributed by atoms with Crippen LogP contribution < -0.4 is 5.32 Å². The molecule has 0 radical (unpaired) electrons. The van der Waals surface area contributed by atoms with Crippen LogP contribution in [0, 0.1) is 5.92 Å². The lowest BCUT2D eigenvalue weighted by Crippen LogP contribution is -2.37. The predicted octanol–water partition coefficient (Wildman–Crippen LogP) is 0.869. The van der Waals surface area contributed by atoms with Crippen molar-refractivity contribution in [3.63, 3.8) is 0 Å². The second-order valence-electron chi connectivity index (χ2n) is 5.40. The average molecular weight is 243 g/mol. The zero-order valence-corrected chi connectivity index (χ0v) is 10.9. The summed E-state index contributed by atoms with van der Waals surface area (Å²) in [5.41, 5.74) is -0.466. The monoisotopic (exact) mass is 243 g/mol. The van der Waals surface area contributed by atoms with Crippen LogP contribution in [0.3, 0.4) is 0 Å². The van der Waals surface area contributed by atoms with Gasteiger partial charge in [-0.05, 0) is 27.2 Å². The standard InChI is InChI=1S/C12H21NO4/c1-8(14)16-7-9-5-10(13-6-9)11(15)17-12(2,3)4/h9-10,13H,5-7H2,1-4H3. The maximum Gasteiger partial charge on any atom is 0.323 e. The third-order valence-electron chi connectivity index (χ3n) is 2.44. The van der Waals surface area contributed by atoms with Gasteiger partial charge in [0.25, 0.3) is 0 Å². The molecule has 0 amide bonds. The molecule has 2 atom stereocenters. The van der Waals surface area contributed by atoms with E-state index in [1.807, 2.05) is 20.8 Å². The molecule has 2 unspecified atom stereocenters. The number of hydrogen-bond donors (Lipinski definition) is 1. The Hall–Kier alpha value is -1.10. The first-order valence-corrected chi connectivity index (χ1v) is 5.87. The van der Waals surface area contributed by atoms with E-state index in [9.17, 15) is 9.59 Å². The molecule has 0 spiro atoms. The van der Waals surface area contributed by atoms with E-state index < -0.39 is 5.60 Å². The summed E-state index contributed by atoms with van der Waals surface area (Å²) >= 11 is 0. The Morgan fingerprint density at radius 1 is 1.35 bits per heavy atom. The number of nitrogens with one attached hydrogen (secondary N) is 1. The zero-order valence-electron chi connectivity index (χ0n) is 10.9. The largest absolute Gasteiger partial charge is 0.466 e. The molecule has 1 fully saturated rings. The quantitative estimate of drug-likeness (QED) is 0.745. The van der Waals surface area contributed by atoms with Gasteiger partial charge in [-0.2, -0.15) is 0 Å². The second-order valence-corrected chi connectivity index (χ2v) is 5.40. The molecule has 17 heavy (non-hydrogen) atoms. The molecule has 5 nitrogen and oxygen atoms in total. The van der Waals surface area contributed by atoms with Crippen molar-refractivity contribution in [3.8, 4) is 0 Å². The summed E-state index contributed by atoms with van der Waals surface area (Å²) in [6.07, 6.45) is 0.655. The highest BCUT2D eigenvalue weighted by molar-refractivity contribution is 5.76. The molecule has 1 aliphatic rings. The van der Waals surface area contributed by atoms with E-state index in [1.165, 1.54) is 6.92 Å². The third kappa shape index (κ3) is 5.17. The van der Waals surface area contributed by atoms with Crippen LogP contribution in [-0.2, 0) is 19.1 Å². The van der Waals surface area contributed by atoms with Crippen LogP contribution in [0.1, 0.15) is 34.1 Å². The average Bonchev–Trinajstić information content (AvgIpc) is 2.60. The molecular weight excluding hydrogens is 222 g/mol. The number of esters is 2. The lowest BCUT2D eigenvalue weighted by atomic mass is 10.1. The summed E-state index contributed by atoms with van der Waals surface area (Å²) in [4.78, 5) is 22.4. The van der Waals surface area contributed by atoms with Gasteiger partial charge in [0, 0.05) is 19.4 Å². The van der Waals surface area contributed by atoms with Crippen molar-refractivity contribution in [2.24, 2.45) is 5.92 Å². The Balaban J connectivity index is 2.34. The summed E-state index contributed by atoms with van der Waals surface area (Å²) in [7, 11) is 0. The molecule has 5 heteroatoms. The molecule has 1 heterocycles. The number of hydrogen-bond acceptors (Lipinski definition) is 5. The van der Waals surface area contributed by atoms with Crippen LogP contribution in [0.4, 0.5) is 0 Å². The van der Waals surface area contributed by atoms with E-state index in [0.29, 0.717) is 19.6 Å². The van der Waals surface area contributed by atoms with Gasteiger partial charge >= 0.3 is 11.9 Å². The molecule has 1 N–H and O–H groups in total. The van der Waals surface area contributed by atoms with Gasteiger partial charge in [0.15, 0.2) is 0 Å². The van der Waals surface area contributed by atoms with Gasteiger partial charge in [-0.15, -0.1) is 0 Å². The van der Waals surface area contributed by atoms with Crippen molar-refractivity contribution in [3.05, 3.63) is 0 Å². The van der Waals surface area contributed by atoms with E-state index in [4.69, 9.17) is 9.47 Å². The van der Waals surface area contributed by atoms with Gasteiger partial charge in [-0.3, -0.25) is 9.59 Å². The molecule has 1 rings (SSSR count). The lowest BCUT2D eigenvalue weighted by Gasteiger charge is -2.22. The molecule has 0 aliphatic carbocycles. The fourth-order valence-electron chi connectivity index (χ4n) is 1.72. The highest BCUT2D eigenvalue weighted by atomic mass is 16.6. The number of carbonyl (C=O) groups is 2. The highest BCUT2D eigenvalue weighted by Gasteiger charge is 2.32. The Morgan fingerprint density at radius 2 is 2.00 bits per heavy atom. The van der Waals surface area contributed by atoms with E-state index in [2.05, 4.69) is 5.32 Å². The van der Waals surface area contributed by atoms with Crippen LogP contribution in [0.2, 0.25) is 0 Å². The van der Waals surface area contributed by atoms with Gasteiger partial charge in [-0.1, -0.05) is 0 Å². The van der Waals surface area contributed by atoms with Crippen LogP contribution in [0.5, 0.6) is 0 Å². The Morgan fingerprint density at radius 3 is 2.53 bits per heavy atom. The summed E-state index contributed by atoms with van der Waals surface area (Å²) in [6, 6.07) is -0.283. The van der Waals surface area contributed by atoms with Crippen molar-refractivity contribution < 1.29 is 19.1 Å². The lowest BCUT2D eigenvalue weighted by molar-refractivity contribution is -0.157. The second kappa shape index (κ2) is 5.49. The van der Waals surface area contributed by atoms with E-state index in [1.54, 1.807) is 0 Å².